The topological polar surface area (TPSA) is 93.7 Å². The van der Waals surface area contributed by atoms with Crippen LogP contribution < -0.4 is 14.4 Å². The van der Waals surface area contributed by atoms with Gasteiger partial charge in [0.2, 0.25) is 16.0 Å². The standard InChI is InChI=1S/C18H24N4O4S/c1-3-26-16-4-6-17(7-5-16)27(23,24)19-13-15-12-14(2)20-18(21-15)22-8-10-25-11-9-22/h4-7,12,19H,3,8-11,13H2,1-2H3. The zero-order chi connectivity index (χ0) is 19.3. The minimum atomic E-state index is -3.64. The summed E-state index contributed by atoms with van der Waals surface area (Å²) in [4.78, 5) is 11.2. The van der Waals surface area contributed by atoms with E-state index in [4.69, 9.17) is 9.47 Å². The van der Waals surface area contributed by atoms with Crippen molar-refractivity contribution in [3.8, 4) is 5.75 Å². The Bertz CT molecular complexity index is 865. The van der Waals surface area contributed by atoms with Gasteiger partial charge in [0, 0.05) is 18.8 Å². The Morgan fingerprint density at radius 2 is 1.89 bits per heavy atom. The molecule has 0 aliphatic carbocycles. The minimum absolute atomic E-state index is 0.0935. The fourth-order valence-corrected chi connectivity index (χ4v) is 3.75. The van der Waals surface area contributed by atoms with Crippen LogP contribution in [0.2, 0.25) is 0 Å². The molecule has 1 aromatic carbocycles. The first-order valence-corrected chi connectivity index (χ1v) is 10.4. The molecule has 1 aliphatic heterocycles. The van der Waals surface area contributed by atoms with Crippen molar-refractivity contribution in [3.05, 3.63) is 41.7 Å². The number of anilines is 1. The van der Waals surface area contributed by atoms with E-state index in [1.54, 1.807) is 18.2 Å². The smallest absolute Gasteiger partial charge is 0.240 e. The summed E-state index contributed by atoms with van der Waals surface area (Å²) in [7, 11) is -3.64. The highest BCUT2D eigenvalue weighted by Crippen LogP contribution is 2.17. The molecular formula is C18H24N4O4S. The molecule has 8 nitrogen and oxygen atoms in total. The van der Waals surface area contributed by atoms with Gasteiger partial charge in [-0.3, -0.25) is 0 Å². The molecule has 27 heavy (non-hydrogen) atoms. The van der Waals surface area contributed by atoms with Crippen LogP contribution in [0.4, 0.5) is 5.95 Å². The van der Waals surface area contributed by atoms with Crippen molar-refractivity contribution < 1.29 is 17.9 Å². The van der Waals surface area contributed by atoms with E-state index >= 15 is 0 Å². The molecule has 1 fully saturated rings. The molecule has 3 rings (SSSR count). The molecule has 1 aromatic heterocycles. The fourth-order valence-electron chi connectivity index (χ4n) is 2.75. The summed E-state index contributed by atoms with van der Waals surface area (Å²) in [6, 6.07) is 8.12. The Hall–Kier alpha value is -2.23. The van der Waals surface area contributed by atoms with Crippen LogP contribution in [0.25, 0.3) is 0 Å². The Labute approximate surface area is 159 Å². The molecule has 0 radical (unpaired) electrons. The van der Waals surface area contributed by atoms with Crippen molar-refractivity contribution >= 4 is 16.0 Å². The largest absolute Gasteiger partial charge is 0.494 e. The van der Waals surface area contributed by atoms with E-state index in [0.717, 1.165) is 18.8 Å². The van der Waals surface area contributed by atoms with E-state index in [1.807, 2.05) is 18.7 Å². The second kappa shape index (κ2) is 8.64. The normalized spacial score (nSPS) is 15.0. The van der Waals surface area contributed by atoms with Gasteiger partial charge in [-0.2, -0.15) is 0 Å². The lowest BCUT2D eigenvalue weighted by molar-refractivity contribution is 0.122. The highest BCUT2D eigenvalue weighted by molar-refractivity contribution is 7.89. The van der Waals surface area contributed by atoms with Crippen molar-refractivity contribution in [3.63, 3.8) is 0 Å². The predicted molar refractivity (Wildman–Crippen MR) is 101 cm³/mol. The Morgan fingerprint density at radius 3 is 2.56 bits per heavy atom. The third-order valence-electron chi connectivity index (χ3n) is 4.08. The molecule has 1 saturated heterocycles. The number of sulfonamides is 1. The average molecular weight is 392 g/mol. The number of nitrogens with one attached hydrogen (secondary N) is 1. The lowest BCUT2D eigenvalue weighted by Gasteiger charge is -2.27. The van der Waals surface area contributed by atoms with Gasteiger partial charge in [-0.05, 0) is 44.2 Å². The van der Waals surface area contributed by atoms with Gasteiger partial charge in [-0.15, -0.1) is 0 Å². The van der Waals surface area contributed by atoms with E-state index in [9.17, 15) is 8.42 Å². The third kappa shape index (κ3) is 5.15. The van der Waals surface area contributed by atoms with E-state index in [2.05, 4.69) is 14.7 Å². The molecule has 146 valence electrons. The molecular weight excluding hydrogens is 368 g/mol. The summed E-state index contributed by atoms with van der Waals surface area (Å²) in [6.07, 6.45) is 0. The maximum atomic E-state index is 12.5. The maximum Gasteiger partial charge on any atom is 0.240 e. The monoisotopic (exact) mass is 392 g/mol. The van der Waals surface area contributed by atoms with E-state index in [1.165, 1.54) is 12.1 Å². The maximum absolute atomic E-state index is 12.5. The summed E-state index contributed by atoms with van der Waals surface area (Å²) in [6.45, 7) is 7.09. The number of nitrogens with zero attached hydrogens (tertiary/aromatic N) is 3. The molecule has 1 aliphatic rings. The van der Waals surface area contributed by atoms with E-state index < -0.39 is 10.0 Å². The molecule has 2 aromatic rings. The van der Waals surface area contributed by atoms with E-state index in [-0.39, 0.29) is 11.4 Å². The van der Waals surface area contributed by atoms with Crippen LogP contribution in [0.3, 0.4) is 0 Å². The molecule has 1 N–H and O–H groups in total. The van der Waals surface area contributed by atoms with Gasteiger partial charge < -0.3 is 14.4 Å². The lowest BCUT2D eigenvalue weighted by Crippen LogP contribution is -2.37. The molecule has 0 bridgehead atoms. The molecule has 0 atom stereocenters. The van der Waals surface area contributed by atoms with Crippen LogP contribution >= 0.6 is 0 Å². The van der Waals surface area contributed by atoms with Gasteiger partial charge in [-0.25, -0.2) is 23.1 Å². The van der Waals surface area contributed by atoms with Crippen LogP contribution in [0, 0.1) is 6.92 Å². The van der Waals surface area contributed by atoms with Gasteiger partial charge in [-0.1, -0.05) is 0 Å². The van der Waals surface area contributed by atoms with Gasteiger partial charge in [0.1, 0.15) is 5.75 Å². The second-order valence-corrected chi connectivity index (χ2v) is 7.90. The first-order valence-electron chi connectivity index (χ1n) is 8.88. The number of hydrogen-bond acceptors (Lipinski definition) is 7. The number of hydrogen-bond donors (Lipinski definition) is 1. The van der Waals surface area contributed by atoms with Crippen molar-refractivity contribution in [1.29, 1.82) is 0 Å². The van der Waals surface area contributed by atoms with Gasteiger partial charge >= 0.3 is 0 Å². The number of rotatable bonds is 7. The van der Waals surface area contributed by atoms with Crippen LogP contribution in [-0.4, -0.2) is 51.3 Å². The third-order valence-corrected chi connectivity index (χ3v) is 5.49. The van der Waals surface area contributed by atoms with Gasteiger partial charge in [0.05, 0.1) is 37.0 Å². The number of ether oxygens (including phenoxy) is 2. The SMILES string of the molecule is CCOc1ccc(S(=O)(=O)NCc2cc(C)nc(N3CCOCC3)n2)cc1. The van der Waals surface area contributed by atoms with Crippen LogP contribution in [0.15, 0.2) is 35.2 Å². The average Bonchev–Trinajstić information content (AvgIpc) is 2.67. The van der Waals surface area contributed by atoms with Gasteiger partial charge in [0.25, 0.3) is 0 Å². The van der Waals surface area contributed by atoms with E-state index in [0.29, 0.717) is 37.2 Å². The molecule has 0 spiro atoms. The Balaban J connectivity index is 1.70. The first-order chi connectivity index (χ1) is 13.0. The zero-order valence-electron chi connectivity index (χ0n) is 15.5. The summed E-state index contributed by atoms with van der Waals surface area (Å²) >= 11 is 0. The second-order valence-electron chi connectivity index (χ2n) is 6.13. The highest BCUT2D eigenvalue weighted by atomic mass is 32.2. The summed E-state index contributed by atoms with van der Waals surface area (Å²) in [5, 5.41) is 0. The number of morpholine rings is 1. The summed E-state index contributed by atoms with van der Waals surface area (Å²) < 4.78 is 38.3. The van der Waals surface area contributed by atoms with Crippen LogP contribution in [-0.2, 0) is 21.3 Å². The number of aromatic nitrogens is 2. The Kier molecular flexibility index (Phi) is 6.25. The first kappa shape index (κ1) is 19.5. The van der Waals surface area contributed by atoms with Crippen molar-refractivity contribution in [2.75, 3.05) is 37.8 Å². The molecule has 0 amide bonds. The van der Waals surface area contributed by atoms with Crippen LogP contribution in [0.5, 0.6) is 5.75 Å². The molecule has 2 heterocycles. The fraction of sp³-hybridized carbons (Fsp3) is 0.444. The Morgan fingerprint density at radius 1 is 1.19 bits per heavy atom. The predicted octanol–water partition coefficient (Wildman–Crippen LogP) is 1.50. The van der Waals surface area contributed by atoms with Crippen LogP contribution in [0.1, 0.15) is 18.3 Å². The summed E-state index contributed by atoms with van der Waals surface area (Å²) in [5.74, 6) is 1.24. The lowest BCUT2D eigenvalue weighted by atomic mass is 10.3. The summed E-state index contributed by atoms with van der Waals surface area (Å²) in [5.41, 5.74) is 1.42. The van der Waals surface area contributed by atoms with Crippen molar-refractivity contribution in [2.45, 2.75) is 25.3 Å². The van der Waals surface area contributed by atoms with Gasteiger partial charge in [0.15, 0.2) is 0 Å². The quantitative estimate of drug-likeness (QED) is 0.763. The number of aryl methyl sites for hydroxylation is 1. The van der Waals surface area contributed by atoms with Crippen molar-refractivity contribution in [2.24, 2.45) is 0 Å². The molecule has 9 heteroatoms. The minimum Gasteiger partial charge on any atom is -0.494 e. The zero-order valence-corrected chi connectivity index (χ0v) is 16.3. The number of benzene rings is 1. The van der Waals surface area contributed by atoms with Crippen molar-refractivity contribution in [1.82, 2.24) is 14.7 Å². The molecule has 0 saturated carbocycles. The highest BCUT2D eigenvalue weighted by Gasteiger charge is 2.17. The molecule has 0 unspecified atom stereocenters.